The quantitative estimate of drug-likeness (QED) is 0.722. The molecular weight excluding hydrogens is 402 g/mol. The van der Waals surface area contributed by atoms with Crippen molar-refractivity contribution in [2.24, 2.45) is 0 Å². The molecular formula is C20H29N7O2S. The Kier molecular flexibility index (Phi) is 5.96. The minimum absolute atomic E-state index is 0.531. The number of nitrogens with zero attached hydrogens (tertiary/aromatic N) is 7. The molecule has 0 bridgehead atoms. The molecule has 0 saturated carbocycles. The zero-order valence-corrected chi connectivity index (χ0v) is 18.3. The molecule has 10 heteroatoms. The second kappa shape index (κ2) is 8.99. The van der Waals surface area contributed by atoms with E-state index in [1.807, 2.05) is 0 Å². The van der Waals surface area contributed by atoms with Crippen LogP contribution in [0.5, 0.6) is 0 Å². The Hall–Kier alpha value is -2.04. The van der Waals surface area contributed by atoms with Crippen LogP contribution in [-0.4, -0.2) is 85.1 Å². The number of hydrogen-bond donors (Lipinski definition) is 0. The molecule has 0 radical (unpaired) electrons. The van der Waals surface area contributed by atoms with Gasteiger partial charge in [0.1, 0.15) is 5.69 Å². The first-order valence-electron chi connectivity index (χ1n) is 10.9. The van der Waals surface area contributed by atoms with Gasteiger partial charge in [-0.1, -0.05) is 0 Å². The monoisotopic (exact) mass is 431 g/mol. The first kappa shape index (κ1) is 19.9. The van der Waals surface area contributed by atoms with E-state index in [4.69, 9.17) is 29.4 Å². The minimum atomic E-state index is 0.531. The summed E-state index contributed by atoms with van der Waals surface area (Å²) in [6, 6.07) is 0.531. The van der Waals surface area contributed by atoms with Gasteiger partial charge in [-0.05, 0) is 26.2 Å². The molecule has 0 aromatic carbocycles. The zero-order valence-electron chi connectivity index (χ0n) is 17.5. The molecule has 5 rings (SSSR count). The molecule has 9 nitrogen and oxygen atoms in total. The average Bonchev–Trinajstić information content (AvgIpc) is 3.30. The van der Waals surface area contributed by atoms with Gasteiger partial charge in [-0.15, -0.1) is 11.3 Å². The van der Waals surface area contributed by atoms with Crippen LogP contribution < -0.4 is 14.7 Å². The number of piperidine rings is 1. The van der Waals surface area contributed by atoms with Crippen molar-refractivity contribution in [3.63, 3.8) is 0 Å². The number of aromatic nitrogens is 4. The highest BCUT2D eigenvalue weighted by Gasteiger charge is 2.24. The first-order valence-corrected chi connectivity index (χ1v) is 11.8. The zero-order chi connectivity index (χ0) is 20.3. The van der Waals surface area contributed by atoms with Crippen molar-refractivity contribution in [3.8, 4) is 11.5 Å². The normalized spacial score (nSPS) is 23.1. The molecule has 3 fully saturated rings. The van der Waals surface area contributed by atoms with Crippen LogP contribution in [0.2, 0.25) is 0 Å². The topological polar surface area (TPSA) is 79.7 Å². The van der Waals surface area contributed by atoms with Crippen molar-refractivity contribution >= 4 is 28.4 Å². The van der Waals surface area contributed by atoms with Gasteiger partial charge in [0.2, 0.25) is 11.9 Å². The van der Waals surface area contributed by atoms with E-state index in [2.05, 4.69) is 27.0 Å². The van der Waals surface area contributed by atoms with E-state index in [1.165, 1.54) is 19.3 Å². The Morgan fingerprint density at radius 1 is 0.833 bits per heavy atom. The minimum Gasteiger partial charge on any atom is -0.378 e. The van der Waals surface area contributed by atoms with Crippen molar-refractivity contribution in [3.05, 3.63) is 5.38 Å². The number of ether oxygens (including phenoxy) is 2. The summed E-state index contributed by atoms with van der Waals surface area (Å²) in [5, 5.41) is 3.15. The molecule has 30 heavy (non-hydrogen) atoms. The smallest absolute Gasteiger partial charge is 0.230 e. The predicted octanol–water partition coefficient (Wildman–Crippen LogP) is 2.05. The van der Waals surface area contributed by atoms with E-state index in [1.54, 1.807) is 11.3 Å². The summed E-state index contributed by atoms with van der Waals surface area (Å²) in [5.74, 6) is 2.08. The Labute approximate surface area is 181 Å². The van der Waals surface area contributed by atoms with Gasteiger partial charge in [0.05, 0.1) is 26.4 Å². The van der Waals surface area contributed by atoms with Gasteiger partial charge in [-0.2, -0.15) is 15.0 Å². The summed E-state index contributed by atoms with van der Waals surface area (Å²) >= 11 is 1.68. The fourth-order valence-corrected chi connectivity index (χ4v) is 5.09. The largest absolute Gasteiger partial charge is 0.378 e. The van der Waals surface area contributed by atoms with E-state index < -0.39 is 0 Å². The Balaban J connectivity index is 1.47. The summed E-state index contributed by atoms with van der Waals surface area (Å²) in [4.78, 5) is 26.1. The molecule has 0 N–H and O–H groups in total. The van der Waals surface area contributed by atoms with Gasteiger partial charge in [-0.3, -0.25) is 0 Å². The molecule has 3 aliphatic heterocycles. The fourth-order valence-electron chi connectivity index (χ4n) is 4.16. The van der Waals surface area contributed by atoms with Crippen LogP contribution in [0.25, 0.3) is 11.5 Å². The van der Waals surface area contributed by atoms with E-state index >= 15 is 0 Å². The van der Waals surface area contributed by atoms with E-state index in [0.717, 1.165) is 43.5 Å². The lowest BCUT2D eigenvalue weighted by Crippen LogP contribution is -2.40. The molecule has 0 amide bonds. The fraction of sp³-hybridized carbons (Fsp3) is 0.700. The molecule has 3 aliphatic rings. The Morgan fingerprint density at radius 3 is 2.07 bits per heavy atom. The Morgan fingerprint density at radius 2 is 1.47 bits per heavy atom. The number of hydrogen-bond acceptors (Lipinski definition) is 10. The highest BCUT2D eigenvalue weighted by Crippen LogP contribution is 2.31. The second-order valence-electron chi connectivity index (χ2n) is 8.01. The van der Waals surface area contributed by atoms with Crippen LogP contribution >= 0.6 is 11.3 Å². The van der Waals surface area contributed by atoms with Gasteiger partial charge >= 0.3 is 0 Å². The van der Waals surface area contributed by atoms with Gasteiger partial charge < -0.3 is 24.2 Å². The lowest BCUT2D eigenvalue weighted by Gasteiger charge is -2.33. The van der Waals surface area contributed by atoms with Gasteiger partial charge in [0.15, 0.2) is 11.0 Å². The van der Waals surface area contributed by atoms with Crippen LogP contribution in [0, 0.1) is 0 Å². The maximum atomic E-state index is 5.51. The first-order chi connectivity index (χ1) is 14.8. The number of thiazole rings is 1. The molecule has 0 aliphatic carbocycles. The van der Waals surface area contributed by atoms with Crippen LogP contribution in [0.1, 0.15) is 26.2 Å². The maximum absolute atomic E-state index is 5.51. The number of morpholine rings is 2. The van der Waals surface area contributed by atoms with Crippen LogP contribution in [0.15, 0.2) is 5.38 Å². The van der Waals surface area contributed by atoms with Crippen LogP contribution in [0.3, 0.4) is 0 Å². The van der Waals surface area contributed by atoms with E-state index in [9.17, 15) is 0 Å². The van der Waals surface area contributed by atoms with Crippen molar-refractivity contribution in [2.75, 3.05) is 73.9 Å². The van der Waals surface area contributed by atoms with E-state index in [0.29, 0.717) is 50.2 Å². The second-order valence-corrected chi connectivity index (χ2v) is 8.85. The lowest BCUT2D eigenvalue weighted by atomic mass is 10.1. The maximum Gasteiger partial charge on any atom is 0.230 e. The third-order valence-corrected chi connectivity index (χ3v) is 6.85. The third-order valence-electron chi connectivity index (χ3n) is 5.97. The van der Waals surface area contributed by atoms with Crippen molar-refractivity contribution in [2.45, 2.75) is 32.2 Å². The number of anilines is 3. The average molecular weight is 432 g/mol. The predicted molar refractivity (Wildman–Crippen MR) is 118 cm³/mol. The van der Waals surface area contributed by atoms with Crippen LogP contribution in [0.4, 0.5) is 17.0 Å². The summed E-state index contributed by atoms with van der Waals surface area (Å²) in [6.07, 6.45) is 3.76. The molecule has 2 aromatic rings. The van der Waals surface area contributed by atoms with Crippen molar-refractivity contribution < 1.29 is 9.47 Å². The third kappa shape index (κ3) is 4.21. The molecule has 1 atom stereocenters. The van der Waals surface area contributed by atoms with Gasteiger partial charge in [0, 0.05) is 44.1 Å². The molecule has 162 valence electrons. The van der Waals surface area contributed by atoms with E-state index in [-0.39, 0.29) is 0 Å². The highest BCUT2D eigenvalue weighted by molar-refractivity contribution is 7.14. The standard InChI is InChI=1S/C20H29N7O2S/c1-15-4-2-3-5-27(15)20-21-16(14-30-20)17-22-18(25-6-10-28-11-7-25)24-19(23-17)26-8-12-29-13-9-26/h14-15H,2-13H2,1H3. The SMILES string of the molecule is CC1CCCCN1c1nc(-c2nc(N3CCOCC3)nc(N3CCOCC3)n2)cs1. The van der Waals surface area contributed by atoms with Crippen LogP contribution in [-0.2, 0) is 9.47 Å². The van der Waals surface area contributed by atoms with Crippen molar-refractivity contribution in [1.82, 2.24) is 19.9 Å². The highest BCUT2D eigenvalue weighted by atomic mass is 32.1. The molecule has 3 saturated heterocycles. The summed E-state index contributed by atoms with van der Waals surface area (Å²) in [7, 11) is 0. The summed E-state index contributed by atoms with van der Waals surface area (Å²) in [5.41, 5.74) is 0.833. The summed E-state index contributed by atoms with van der Waals surface area (Å²) < 4.78 is 11.0. The van der Waals surface area contributed by atoms with Gasteiger partial charge in [-0.25, -0.2) is 4.98 Å². The number of rotatable bonds is 4. The molecule has 0 spiro atoms. The summed E-state index contributed by atoms with van der Waals surface area (Å²) in [6.45, 7) is 9.31. The molecule has 5 heterocycles. The Bertz CT molecular complexity index is 815. The van der Waals surface area contributed by atoms with Gasteiger partial charge in [0.25, 0.3) is 0 Å². The molecule has 2 aromatic heterocycles. The molecule has 1 unspecified atom stereocenters. The van der Waals surface area contributed by atoms with Crippen molar-refractivity contribution in [1.29, 1.82) is 0 Å². The lowest BCUT2D eigenvalue weighted by molar-refractivity contribution is 0.121.